The maximum Gasteiger partial charge on any atom is 0.335 e. The Kier molecular flexibility index (Phi) is 6.42. The highest BCUT2D eigenvalue weighted by molar-refractivity contribution is 8.00. The van der Waals surface area contributed by atoms with E-state index in [9.17, 15) is 9.59 Å². The number of carbonyl (C=O) groups excluding carboxylic acids is 1. The summed E-state index contributed by atoms with van der Waals surface area (Å²) < 4.78 is 0. The van der Waals surface area contributed by atoms with Crippen LogP contribution in [0.15, 0.2) is 24.3 Å². The van der Waals surface area contributed by atoms with Gasteiger partial charge >= 0.3 is 5.97 Å². The highest BCUT2D eigenvalue weighted by atomic mass is 32.2. The molecule has 0 unspecified atom stereocenters. The smallest absolute Gasteiger partial charge is 0.335 e. The second-order valence-corrected chi connectivity index (χ2v) is 6.03. The van der Waals surface area contributed by atoms with Crippen LogP contribution in [-0.2, 0) is 11.2 Å². The topological polar surface area (TPSA) is 66.4 Å². The van der Waals surface area contributed by atoms with Crippen LogP contribution in [0.1, 0.15) is 29.8 Å². The van der Waals surface area contributed by atoms with E-state index in [2.05, 4.69) is 19.2 Å². The highest BCUT2D eigenvalue weighted by Gasteiger charge is 2.04. The van der Waals surface area contributed by atoms with E-state index in [0.29, 0.717) is 24.0 Å². The number of carboxylic acid groups (broad SMARTS) is 1. The minimum atomic E-state index is -0.925. The largest absolute Gasteiger partial charge is 0.478 e. The van der Waals surface area contributed by atoms with Gasteiger partial charge in [0, 0.05) is 6.54 Å². The fraction of sp³-hybridized carbons (Fsp3) is 0.429. The lowest BCUT2D eigenvalue weighted by Gasteiger charge is -2.07. The molecule has 1 aromatic rings. The van der Waals surface area contributed by atoms with Crippen LogP contribution < -0.4 is 5.32 Å². The van der Waals surface area contributed by atoms with Crippen LogP contribution in [0.3, 0.4) is 0 Å². The van der Waals surface area contributed by atoms with Gasteiger partial charge in [0.1, 0.15) is 0 Å². The molecule has 1 aromatic carbocycles. The average molecular weight is 281 g/mol. The Morgan fingerprint density at radius 3 is 2.42 bits per heavy atom. The maximum atomic E-state index is 11.5. The monoisotopic (exact) mass is 281 g/mol. The van der Waals surface area contributed by atoms with Gasteiger partial charge in [-0.2, -0.15) is 0 Å². The molecule has 0 fully saturated rings. The Hall–Kier alpha value is -1.49. The molecular formula is C14H19NO3S. The highest BCUT2D eigenvalue weighted by Crippen LogP contribution is 2.08. The van der Waals surface area contributed by atoms with Crippen molar-refractivity contribution in [1.82, 2.24) is 5.32 Å². The number of hydrogen-bond donors (Lipinski definition) is 2. The summed E-state index contributed by atoms with van der Waals surface area (Å²) in [6.07, 6.45) is 0.706. The first-order chi connectivity index (χ1) is 8.99. The van der Waals surface area contributed by atoms with Gasteiger partial charge in [0.05, 0.1) is 11.3 Å². The van der Waals surface area contributed by atoms with E-state index < -0.39 is 5.97 Å². The molecule has 0 aliphatic heterocycles. The molecule has 4 nitrogen and oxygen atoms in total. The van der Waals surface area contributed by atoms with E-state index in [1.165, 1.54) is 0 Å². The quantitative estimate of drug-likeness (QED) is 0.804. The summed E-state index contributed by atoms with van der Waals surface area (Å²) >= 11 is 1.61. The van der Waals surface area contributed by atoms with E-state index >= 15 is 0 Å². The Morgan fingerprint density at radius 2 is 1.89 bits per heavy atom. The summed E-state index contributed by atoms with van der Waals surface area (Å²) in [4.78, 5) is 22.2. The van der Waals surface area contributed by atoms with E-state index in [1.807, 2.05) is 0 Å². The summed E-state index contributed by atoms with van der Waals surface area (Å²) in [5.74, 6) is -0.401. The fourth-order valence-electron chi connectivity index (χ4n) is 1.45. The lowest BCUT2D eigenvalue weighted by atomic mass is 10.1. The van der Waals surface area contributed by atoms with Crippen LogP contribution in [0.25, 0.3) is 0 Å². The zero-order valence-electron chi connectivity index (χ0n) is 11.2. The molecule has 0 spiro atoms. The number of hydrogen-bond acceptors (Lipinski definition) is 3. The molecule has 5 heteroatoms. The second-order valence-electron chi connectivity index (χ2n) is 4.46. The van der Waals surface area contributed by atoms with Crippen molar-refractivity contribution in [3.05, 3.63) is 35.4 Å². The third-order valence-corrected chi connectivity index (χ3v) is 3.58. The molecule has 0 heterocycles. The summed E-state index contributed by atoms with van der Waals surface area (Å²) in [7, 11) is 0. The van der Waals surface area contributed by atoms with Gasteiger partial charge in [0.2, 0.25) is 5.91 Å². The van der Waals surface area contributed by atoms with Crippen molar-refractivity contribution < 1.29 is 14.7 Å². The van der Waals surface area contributed by atoms with Crippen LogP contribution in [-0.4, -0.2) is 34.5 Å². The van der Waals surface area contributed by atoms with Crippen LogP contribution in [0, 0.1) is 0 Å². The molecule has 0 saturated carbocycles. The van der Waals surface area contributed by atoms with Crippen molar-refractivity contribution >= 4 is 23.6 Å². The summed E-state index contributed by atoms with van der Waals surface area (Å²) in [6, 6.07) is 6.71. The fourth-order valence-corrected chi connectivity index (χ4v) is 2.04. The Balaban J connectivity index is 2.29. The van der Waals surface area contributed by atoms with Gasteiger partial charge in [-0.25, -0.2) is 4.79 Å². The number of thioether (sulfide) groups is 1. The van der Waals surface area contributed by atoms with E-state index in [4.69, 9.17) is 5.11 Å². The summed E-state index contributed by atoms with van der Waals surface area (Å²) in [6.45, 7) is 4.69. The van der Waals surface area contributed by atoms with Crippen molar-refractivity contribution in [3.63, 3.8) is 0 Å². The molecule has 1 rings (SSSR count). The average Bonchev–Trinajstić information content (AvgIpc) is 2.37. The van der Waals surface area contributed by atoms with Gasteiger partial charge in [-0.3, -0.25) is 4.79 Å². The van der Waals surface area contributed by atoms with E-state index in [1.54, 1.807) is 36.0 Å². The minimum Gasteiger partial charge on any atom is -0.478 e. The molecule has 2 N–H and O–H groups in total. The molecule has 104 valence electrons. The number of nitrogens with one attached hydrogen (secondary N) is 1. The van der Waals surface area contributed by atoms with Crippen molar-refractivity contribution in [2.45, 2.75) is 25.5 Å². The maximum absolute atomic E-state index is 11.5. The van der Waals surface area contributed by atoms with Crippen LogP contribution in [0.5, 0.6) is 0 Å². The Bertz CT molecular complexity index is 429. The van der Waals surface area contributed by atoms with Gasteiger partial charge < -0.3 is 10.4 Å². The first kappa shape index (κ1) is 15.6. The zero-order valence-corrected chi connectivity index (χ0v) is 12.0. The van der Waals surface area contributed by atoms with Crippen molar-refractivity contribution in [2.75, 3.05) is 12.3 Å². The van der Waals surface area contributed by atoms with Gasteiger partial charge in [-0.1, -0.05) is 26.0 Å². The molecule has 0 aliphatic rings. The van der Waals surface area contributed by atoms with E-state index in [-0.39, 0.29) is 11.5 Å². The number of rotatable bonds is 7. The van der Waals surface area contributed by atoms with Gasteiger partial charge in [0.15, 0.2) is 0 Å². The number of amides is 1. The Labute approximate surface area is 117 Å². The first-order valence-electron chi connectivity index (χ1n) is 6.19. The third-order valence-electron chi connectivity index (χ3n) is 2.48. The van der Waals surface area contributed by atoms with Gasteiger partial charge in [-0.05, 0) is 29.4 Å². The molecular weight excluding hydrogens is 262 g/mol. The molecule has 0 aromatic heterocycles. The third kappa shape index (κ3) is 6.29. The van der Waals surface area contributed by atoms with Crippen LogP contribution >= 0.6 is 11.8 Å². The standard InChI is InChI=1S/C14H19NO3S/c1-10(2)19-9-13(16)15-8-7-11-3-5-12(6-4-11)14(17)18/h3-6,10H,7-9H2,1-2H3,(H,15,16)(H,17,18). The van der Waals surface area contributed by atoms with Crippen LogP contribution in [0.2, 0.25) is 0 Å². The zero-order chi connectivity index (χ0) is 14.3. The minimum absolute atomic E-state index is 0.0425. The van der Waals surface area contributed by atoms with Crippen molar-refractivity contribution in [3.8, 4) is 0 Å². The normalized spacial score (nSPS) is 10.5. The summed E-state index contributed by atoms with van der Waals surface area (Å²) in [5, 5.41) is 12.1. The second kappa shape index (κ2) is 7.84. The van der Waals surface area contributed by atoms with Crippen LogP contribution in [0.4, 0.5) is 0 Å². The molecule has 0 radical (unpaired) electrons. The molecule has 0 aliphatic carbocycles. The predicted octanol–water partition coefficient (Wildman–Crippen LogP) is 2.19. The molecule has 0 atom stereocenters. The lowest BCUT2D eigenvalue weighted by molar-refractivity contribution is -0.118. The molecule has 0 bridgehead atoms. The lowest BCUT2D eigenvalue weighted by Crippen LogP contribution is -2.27. The SMILES string of the molecule is CC(C)SCC(=O)NCCc1ccc(C(=O)O)cc1. The Morgan fingerprint density at radius 1 is 1.26 bits per heavy atom. The molecule has 19 heavy (non-hydrogen) atoms. The molecule has 0 saturated heterocycles. The number of carboxylic acids is 1. The summed E-state index contributed by atoms with van der Waals surface area (Å²) in [5.41, 5.74) is 1.29. The van der Waals surface area contributed by atoms with E-state index in [0.717, 1.165) is 5.56 Å². The van der Waals surface area contributed by atoms with Crippen molar-refractivity contribution in [2.24, 2.45) is 0 Å². The predicted molar refractivity (Wildman–Crippen MR) is 77.7 cm³/mol. The van der Waals surface area contributed by atoms with Crippen molar-refractivity contribution in [1.29, 1.82) is 0 Å². The molecule has 1 amide bonds. The number of benzene rings is 1. The van der Waals surface area contributed by atoms with Gasteiger partial charge in [0.25, 0.3) is 0 Å². The number of aromatic carboxylic acids is 1. The first-order valence-corrected chi connectivity index (χ1v) is 7.24. The van der Waals surface area contributed by atoms with Gasteiger partial charge in [-0.15, -0.1) is 11.8 Å². The number of carbonyl (C=O) groups is 2.